The van der Waals surface area contributed by atoms with Gasteiger partial charge in [-0.1, -0.05) is 25.4 Å². The molecule has 0 aliphatic rings. The smallest absolute Gasteiger partial charge is 0.339 e. The van der Waals surface area contributed by atoms with E-state index in [2.05, 4.69) is 4.74 Å². The standard InChI is InChI=1S/C15H23ClN2O4S.ClH/c1-10(2)14(17)7-8-18(3)23(20,21)11-5-6-12(13(16)9-11)15(19)22-4;/h5-6,9-10,14H,7-8,17H2,1-4H3;1H. The first-order valence-electron chi connectivity index (χ1n) is 7.21. The summed E-state index contributed by atoms with van der Waals surface area (Å²) in [6.45, 7) is 4.28. The molecule has 24 heavy (non-hydrogen) atoms. The van der Waals surface area contributed by atoms with E-state index in [1.54, 1.807) is 0 Å². The third kappa shape index (κ3) is 5.60. The lowest BCUT2D eigenvalue weighted by molar-refractivity contribution is 0.0601. The average molecular weight is 399 g/mol. The largest absolute Gasteiger partial charge is 0.465 e. The molecule has 0 aromatic heterocycles. The maximum atomic E-state index is 12.5. The number of hydrogen-bond donors (Lipinski definition) is 1. The van der Waals surface area contributed by atoms with Gasteiger partial charge in [-0.2, -0.15) is 0 Å². The summed E-state index contributed by atoms with van der Waals surface area (Å²) in [5.41, 5.74) is 6.07. The molecule has 6 nitrogen and oxygen atoms in total. The summed E-state index contributed by atoms with van der Waals surface area (Å²) in [7, 11) is -0.969. The molecule has 2 N–H and O–H groups in total. The van der Waals surface area contributed by atoms with E-state index < -0.39 is 16.0 Å². The lowest BCUT2D eigenvalue weighted by Gasteiger charge is -2.21. The Morgan fingerprint density at radius 3 is 2.42 bits per heavy atom. The van der Waals surface area contributed by atoms with Crippen molar-refractivity contribution in [3.05, 3.63) is 28.8 Å². The van der Waals surface area contributed by atoms with Gasteiger partial charge in [-0.05, 0) is 30.5 Å². The first kappa shape index (κ1) is 23.1. The van der Waals surface area contributed by atoms with Gasteiger partial charge >= 0.3 is 5.97 Å². The van der Waals surface area contributed by atoms with Gasteiger partial charge in [0, 0.05) is 19.6 Å². The molecule has 0 heterocycles. The number of esters is 1. The van der Waals surface area contributed by atoms with E-state index in [1.807, 2.05) is 13.8 Å². The summed E-state index contributed by atoms with van der Waals surface area (Å²) in [5, 5.41) is 0.0326. The molecule has 138 valence electrons. The molecular formula is C15H24Cl2N2O4S. The van der Waals surface area contributed by atoms with Crippen molar-refractivity contribution in [2.75, 3.05) is 20.7 Å². The van der Waals surface area contributed by atoms with Crippen LogP contribution < -0.4 is 5.73 Å². The zero-order valence-corrected chi connectivity index (χ0v) is 16.5. The van der Waals surface area contributed by atoms with E-state index in [9.17, 15) is 13.2 Å². The summed E-state index contributed by atoms with van der Waals surface area (Å²) in [6.07, 6.45) is 0.557. The quantitative estimate of drug-likeness (QED) is 0.712. The van der Waals surface area contributed by atoms with Gasteiger partial charge in [-0.3, -0.25) is 0 Å². The fraction of sp³-hybridized carbons (Fsp3) is 0.533. The minimum Gasteiger partial charge on any atom is -0.465 e. The van der Waals surface area contributed by atoms with E-state index in [0.29, 0.717) is 13.0 Å². The van der Waals surface area contributed by atoms with E-state index in [-0.39, 0.29) is 39.8 Å². The second kappa shape index (κ2) is 9.58. The Labute approximate surface area is 154 Å². The van der Waals surface area contributed by atoms with Crippen LogP contribution in [0.5, 0.6) is 0 Å². The van der Waals surface area contributed by atoms with Gasteiger partial charge in [0.05, 0.1) is 22.6 Å². The molecule has 0 radical (unpaired) electrons. The number of methoxy groups -OCH3 is 1. The molecule has 0 amide bonds. The number of nitrogens with two attached hydrogens (primary N) is 1. The van der Waals surface area contributed by atoms with Crippen molar-refractivity contribution in [3.8, 4) is 0 Å². The van der Waals surface area contributed by atoms with Crippen molar-refractivity contribution in [1.29, 1.82) is 0 Å². The van der Waals surface area contributed by atoms with Gasteiger partial charge < -0.3 is 10.5 Å². The van der Waals surface area contributed by atoms with Crippen LogP contribution in [0.15, 0.2) is 23.1 Å². The summed E-state index contributed by atoms with van der Waals surface area (Å²) >= 11 is 5.98. The summed E-state index contributed by atoms with van der Waals surface area (Å²) in [5.74, 6) is -0.338. The van der Waals surface area contributed by atoms with Crippen LogP contribution in [-0.4, -0.2) is 45.4 Å². The highest BCUT2D eigenvalue weighted by Gasteiger charge is 2.23. The highest BCUT2D eigenvalue weighted by Crippen LogP contribution is 2.23. The van der Waals surface area contributed by atoms with Gasteiger partial charge in [-0.15, -0.1) is 12.4 Å². The number of carbonyl (C=O) groups is 1. The molecule has 0 aliphatic heterocycles. The molecule has 1 rings (SSSR count). The lowest BCUT2D eigenvalue weighted by atomic mass is 10.0. The fourth-order valence-corrected chi connectivity index (χ4v) is 3.43. The Morgan fingerprint density at radius 1 is 1.38 bits per heavy atom. The molecule has 0 saturated heterocycles. The van der Waals surface area contributed by atoms with E-state index in [1.165, 1.54) is 36.7 Å². The zero-order chi connectivity index (χ0) is 17.8. The Bertz CT molecular complexity index is 665. The van der Waals surface area contributed by atoms with Crippen molar-refractivity contribution in [2.45, 2.75) is 31.2 Å². The third-order valence-corrected chi connectivity index (χ3v) is 5.85. The second-order valence-electron chi connectivity index (χ2n) is 5.66. The highest BCUT2D eigenvalue weighted by molar-refractivity contribution is 7.89. The van der Waals surface area contributed by atoms with Crippen LogP contribution in [0.2, 0.25) is 5.02 Å². The number of rotatable bonds is 7. The van der Waals surface area contributed by atoms with Crippen LogP contribution in [0.1, 0.15) is 30.6 Å². The zero-order valence-electron chi connectivity index (χ0n) is 14.2. The minimum atomic E-state index is -3.69. The van der Waals surface area contributed by atoms with E-state index in [0.717, 1.165) is 0 Å². The van der Waals surface area contributed by atoms with Crippen LogP contribution in [0.4, 0.5) is 0 Å². The average Bonchev–Trinajstić information content (AvgIpc) is 2.50. The van der Waals surface area contributed by atoms with Gasteiger partial charge in [-0.25, -0.2) is 17.5 Å². The SMILES string of the molecule is COC(=O)c1ccc(S(=O)(=O)N(C)CCC(N)C(C)C)cc1Cl.Cl. The Balaban J connectivity index is 0.00000529. The molecule has 0 saturated carbocycles. The molecule has 9 heteroatoms. The number of sulfonamides is 1. The lowest BCUT2D eigenvalue weighted by Crippen LogP contribution is -2.34. The second-order valence-corrected chi connectivity index (χ2v) is 8.11. The molecule has 1 aromatic rings. The number of nitrogens with zero attached hydrogens (tertiary/aromatic N) is 1. The first-order chi connectivity index (χ1) is 10.6. The molecule has 1 aromatic carbocycles. The number of ether oxygens (including phenoxy) is 1. The summed E-state index contributed by atoms with van der Waals surface area (Å²) in [4.78, 5) is 11.5. The van der Waals surface area contributed by atoms with Gasteiger partial charge in [0.25, 0.3) is 0 Å². The van der Waals surface area contributed by atoms with Crippen molar-refractivity contribution in [1.82, 2.24) is 4.31 Å². The highest BCUT2D eigenvalue weighted by atomic mass is 35.5. The van der Waals surface area contributed by atoms with Crippen LogP contribution in [0.3, 0.4) is 0 Å². The summed E-state index contributed by atoms with van der Waals surface area (Å²) in [6, 6.07) is 3.86. The predicted octanol–water partition coefficient (Wildman–Crippen LogP) is 2.54. The molecule has 0 spiro atoms. The van der Waals surface area contributed by atoms with Gasteiger partial charge in [0.2, 0.25) is 10.0 Å². The van der Waals surface area contributed by atoms with Gasteiger partial charge in [0.1, 0.15) is 0 Å². The maximum absolute atomic E-state index is 12.5. The van der Waals surface area contributed by atoms with E-state index >= 15 is 0 Å². The summed E-state index contributed by atoms with van der Waals surface area (Å²) < 4.78 is 30.9. The van der Waals surface area contributed by atoms with Crippen LogP contribution >= 0.6 is 24.0 Å². The molecule has 0 fully saturated rings. The maximum Gasteiger partial charge on any atom is 0.339 e. The minimum absolute atomic E-state index is 0. The Morgan fingerprint density at radius 2 is 1.96 bits per heavy atom. The van der Waals surface area contributed by atoms with Crippen molar-refractivity contribution in [2.24, 2.45) is 11.7 Å². The van der Waals surface area contributed by atoms with E-state index in [4.69, 9.17) is 17.3 Å². The van der Waals surface area contributed by atoms with Gasteiger partial charge in [0.15, 0.2) is 0 Å². The molecule has 1 atom stereocenters. The molecule has 0 aliphatic carbocycles. The van der Waals surface area contributed by atoms with Crippen LogP contribution in [-0.2, 0) is 14.8 Å². The number of halogens is 2. The fourth-order valence-electron chi connectivity index (χ4n) is 1.90. The Hall–Kier alpha value is -0.860. The normalized spacial score (nSPS) is 12.8. The van der Waals surface area contributed by atoms with Crippen molar-refractivity contribution in [3.63, 3.8) is 0 Å². The topological polar surface area (TPSA) is 89.7 Å². The molecule has 0 bridgehead atoms. The van der Waals surface area contributed by atoms with Crippen LogP contribution in [0, 0.1) is 5.92 Å². The number of hydrogen-bond acceptors (Lipinski definition) is 5. The third-order valence-electron chi connectivity index (χ3n) is 3.69. The number of benzene rings is 1. The molecule has 1 unspecified atom stereocenters. The Kier molecular flexibility index (Phi) is 9.24. The monoisotopic (exact) mass is 398 g/mol. The first-order valence-corrected chi connectivity index (χ1v) is 9.02. The van der Waals surface area contributed by atoms with Crippen LogP contribution in [0.25, 0.3) is 0 Å². The van der Waals surface area contributed by atoms with Crippen molar-refractivity contribution < 1.29 is 17.9 Å². The predicted molar refractivity (Wildman–Crippen MR) is 97.3 cm³/mol. The number of carbonyl (C=O) groups excluding carboxylic acids is 1. The van der Waals surface area contributed by atoms with Crippen molar-refractivity contribution >= 4 is 40.0 Å². The molecular weight excluding hydrogens is 375 g/mol.